The number of hydrogen-bond acceptors (Lipinski definition) is 4. The summed E-state index contributed by atoms with van der Waals surface area (Å²) in [5.41, 5.74) is 4.07. The second-order valence-electron chi connectivity index (χ2n) is 2.61. The second-order valence-corrected chi connectivity index (χ2v) is 3.17. The first-order chi connectivity index (χ1) is 6.99. The molecular weight excluding hydrogens is 276 g/mol. The standard InChI is InChI=1S/C7H6BrF2N3O2/c8-1-3-5(11)4(13(14)15)2-12-6(3)7(9)10/h2,7H,1H2,(H2,11,12). The van der Waals surface area contributed by atoms with Crippen LogP contribution in [-0.2, 0) is 5.33 Å². The van der Waals surface area contributed by atoms with Crippen molar-refractivity contribution in [2.24, 2.45) is 0 Å². The molecule has 1 rings (SSSR count). The molecule has 0 amide bonds. The lowest BCUT2D eigenvalue weighted by atomic mass is 10.1. The number of halogens is 3. The first kappa shape index (κ1) is 11.8. The monoisotopic (exact) mass is 281 g/mol. The Balaban J connectivity index is 3.39. The average Bonchev–Trinajstić information content (AvgIpc) is 2.16. The minimum Gasteiger partial charge on any atom is -0.393 e. The van der Waals surface area contributed by atoms with Crippen molar-refractivity contribution in [1.82, 2.24) is 4.98 Å². The summed E-state index contributed by atoms with van der Waals surface area (Å²) in [5, 5.41) is 10.4. The minimum absolute atomic E-state index is 0.00676. The molecule has 0 aliphatic carbocycles. The third kappa shape index (κ3) is 2.20. The van der Waals surface area contributed by atoms with E-state index in [4.69, 9.17) is 5.73 Å². The summed E-state index contributed by atoms with van der Waals surface area (Å²) in [6.45, 7) is 0. The molecule has 0 aliphatic heterocycles. The smallest absolute Gasteiger partial charge is 0.310 e. The summed E-state index contributed by atoms with van der Waals surface area (Å²) in [5.74, 6) is 0. The predicted octanol–water partition coefficient (Wildman–Crippen LogP) is 2.40. The van der Waals surface area contributed by atoms with E-state index in [1.165, 1.54) is 0 Å². The highest BCUT2D eigenvalue weighted by Gasteiger charge is 2.23. The van der Waals surface area contributed by atoms with Gasteiger partial charge >= 0.3 is 5.69 Å². The summed E-state index contributed by atoms with van der Waals surface area (Å²) < 4.78 is 24.8. The highest BCUT2D eigenvalue weighted by molar-refractivity contribution is 9.08. The van der Waals surface area contributed by atoms with Crippen LogP contribution >= 0.6 is 15.9 Å². The van der Waals surface area contributed by atoms with E-state index >= 15 is 0 Å². The summed E-state index contributed by atoms with van der Waals surface area (Å²) in [7, 11) is 0. The molecule has 1 aromatic heterocycles. The van der Waals surface area contributed by atoms with Crippen molar-refractivity contribution in [3.63, 3.8) is 0 Å². The third-order valence-electron chi connectivity index (χ3n) is 1.77. The number of rotatable bonds is 3. The SMILES string of the molecule is Nc1c([N+](=O)[O-])cnc(C(F)F)c1CBr. The van der Waals surface area contributed by atoms with E-state index < -0.39 is 22.7 Å². The Morgan fingerprint density at radius 1 is 1.67 bits per heavy atom. The van der Waals surface area contributed by atoms with Crippen molar-refractivity contribution < 1.29 is 13.7 Å². The molecule has 0 radical (unpaired) electrons. The van der Waals surface area contributed by atoms with Gasteiger partial charge in [-0.1, -0.05) is 15.9 Å². The second kappa shape index (κ2) is 4.47. The van der Waals surface area contributed by atoms with Gasteiger partial charge in [-0.05, 0) is 0 Å². The first-order valence-corrected chi connectivity index (χ1v) is 4.87. The van der Waals surface area contributed by atoms with Crippen molar-refractivity contribution >= 4 is 27.3 Å². The summed E-state index contributed by atoms with van der Waals surface area (Å²) in [4.78, 5) is 13.0. The van der Waals surface area contributed by atoms with E-state index in [0.717, 1.165) is 6.20 Å². The van der Waals surface area contributed by atoms with Gasteiger partial charge in [0.2, 0.25) is 0 Å². The van der Waals surface area contributed by atoms with Gasteiger partial charge in [0, 0.05) is 10.9 Å². The third-order valence-corrected chi connectivity index (χ3v) is 2.33. The number of aromatic nitrogens is 1. The fraction of sp³-hybridized carbons (Fsp3) is 0.286. The van der Waals surface area contributed by atoms with Crippen molar-refractivity contribution in [3.05, 3.63) is 27.6 Å². The molecule has 0 spiro atoms. The Hall–Kier alpha value is -1.31. The Labute approximate surface area is 91.6 Å². The van der Waals surface area contributed by atoms with Crippen LogP contribution in [0.2, 0.25) is 0 Å². The molecule has 0 atom stereocenters. The lowest BCUT2D eigenvalue weighted by Crippen LogP contribution is -2.05. The lowest BCUT2D eigenvalue weighted by molar-refractivity contribution is -0.384. The molecule has 82 valence electrons. The molecule has 0 saturated carbocycles. The van der Waals surface area contributed by atoms with Crippen LogP contribution in [0, 0.1) is 10.1 Å². The van der Waals surface area contributed by atoms with E-state index in [0.29, 0.717) is 0 Å². The van der Waals surface area contributed by atoms with Crippen LogP contribution in [-0.4, -0.2) is 9.91 Å². The van der Waals surface area contributed by atoms with Gasteiger partial charge in [0.15, 0.2) is 0 Å². The quantitative estimate of drug-likeness (QED) is 0.524. The number of pyridine rings is 1. The maximum Gasteiger partial charge on any atom is 0.310 e. The number of anilines is 1. The number of nitrogen functional groups attached to an aromatic ring is 1. The molecule has 0 aliphatic rings. The molecule has 0 unspecified atom stereocenters. The number of nitrogens with two attached hydrogens (primary N) is 1. The van der Waals surface area contributed by atoms with Gasteiger partial charge in [-0.15, -0.1) is 0 Å². The van der Waals surface area contributed by atoms with Gasteiger partial charge in [-0.3, -0.25) is 10.1 Å². The Morgan fingerprint density at radius 2 is 2.27 bits per heavy atom. The van der Waals surface area contributed by atoms with Crippen LogP contribution in [0.3, 0.4) is 0 Å². The normalized spacial score (nSPS) is 10.7. The topological polar surface area (TPSA) is 82.0 Å². The molecule has 5 nitrogen and oxygen atoms in total. The summed E-state index contributed by atoms with van der Waals surface area (Å²) in [6.07, 6.45) is -2.07. The zero-order valence-corrected chi connectivity index (χ0v) is 8.87. The van der Waals surface area contributed by atoms with Crippen molar-refractivity contribution in [3.8, 4) is 0 Å². The number of alkyl halides is 3. The Kier molecular flexibility index (Phi) is 3.51. The van der Waals surface area contributed by atoms with Gasteiger partial charge in [-0.25, -0.2) is 13.8 Å². The fourth-order valence-electron chi connectivity index (χ4n) is 1.04. The molecule has 15 heavy (non-hydrogen) atoms. The molecule has 0 fully saturated rings. The largest absolute Gasteiger partial charge is 0.393 e. The summed E-state index contributed by atoms with van der Waals surface area (Å²) in [6, 6.07) is 0. The molecule has 8 heteroatoms. The molecule has 0 aromatic carbocycles. The Morgan fingerprint density at radius 3 is 2.67 bits per heavy atom. The number of hydrogen-bond donors (Lipinski definition) is 1. The lowest BCUT2D eigenvalue weighted by Gasteiger charge is -2.08. The van der Waals surface area contributed by atoms with Gasteiger partial charge < -0.3 is 5.73 Å². The Bertz CT molecular complexity index is 400. The van der Waals surface area contributed by atoms with E-state index in [9.17, 15) is 18.9 Å². The van der Waals surface area contributed by atoms with Crippen LogP contribution in [0.5, 0.6) is 0 Å². The van der Waals surface area contributed by atoms with Gasteiger partial charge in [0.25, 0.3) is 6.43 Å². The zero-order chi connectivity index (χ0) is 11.6. The summed E-state index contributed by atoms with van der Waals surface area (Å²) >= 11 is 2.93. The minimum atomic E-state index is -2.80. The van der Waals surface area contributed by atoms with Crippen LogP contribution in [0.1, 0.15) is 17.7 Å². The molecule has 0 bridgehead atoms. The molecular formula is C7H6BrF2N3O2. The van der Waals surface area contributed by atoms with E-state index in [1.807, 2.05) is 0 Å². The van der Waals surface area contributed by atoms with E-state index in [2.05, 4.69) is 20.9 Å². The van der Waals surface area contributed by atoms with E-state index in [1.54, 1.807) is 0 Å². The predicted molar refractivity (Wildman–Crippen MR) is 52.9 cm³/mol. The highest BCUT2D eigenvalue weighted by atomic mass is 79.9. The van der Waals surface area contributed by atoms with Gasteiger partial charge in [0.05, 0.1) is 4.92 Å². The molecule has 2 N–H and O–H groups in total. The van der Waals surface area contributed by atoms with Crippen molar-refractivity contribution in [2.45, 2.75) is 11.8 Å². The average molecular weight is 282 g/mol. The van der Waals surface area contributed by atoms with Crippen molar-refractivity contribution in [2.75, 3.05) is 5.73 Å². The number of nitro groups is 1. The van der Waals surface area contributed by atoms with Crippen LogP contribution in [0.15, 0.2) is 6.20 Å². The van der Waals surface area contributed by atoms with Crippen LogP contribution in [0.25, 0.3) is 0 Å². The maximum absolute atomic E-state index is 12.4. The maximum atomic E-state index is 12.4. The van der Waals surface area contributed by atoms with Crippen LogP contribution in [0.4, 0.5) is 20.2 Å². The number of nitrogens with zero attached hydrogens (tertiary/aromatic N) is 2. The fourth-order valence-corrected chi connectivity index (χ4v) is 1.63. The van der Waals surface area contributed by atoms with E-state index in [-0.39, 0.29) is 16.6 Å². The zero-order valence-electron chi connectivity index (χ0n) is 7.28. The first-order valence-electron chi connectivity index (χ1n) is 3.74. The highest BCUT2D eigenvalue weighted by Crippen LogP contribution is 2.32. The molecule has 1 aromatic rings. The van der Waals surface area contributed by atoms with Gasteiger partial charge in [0.1, 0.15) is 17.6 Å². The van der Waals surface area contributed by atoms with Crippen molar-refractivity contribution in [1.29, 1.82) is 0 Å². The molecule has 0 saturated heterocycles. The van der Waals surface area contributed by atoms with Crippen LogP contribution < -0.4 is 5.73 Å². The van der Waals surface area contributed by atoms with Gasteiger partial charge in [-0.2, -0.15) is 0 Å². The molecule has 1 heterocycles.